The average molecular weight is 196 g/mol. The highest BCUT2D eigenvalue weighted by Crippen LogP contribution is 2.22. The van der Waals surface area contributed by atoms with Crippen molar-refractivity contribution in [1.29, 1.82) is 0 Å². The number of hydrogen-bond acceptors (Lipinski definition) is 4. The minimum atomic E-state index is -0.376. The van der Waals surface area contributed by atoms with E-state index >= 15 is 0 Å². The van der Waals surface area contributed by atoms with Crippen LogP contribution < -0.4 is 5.48 Å². The molecule has 2 heterocycles. The molecule has 0 aromatic carbocycles. The summed E-state index contributed by atoms with van der Waals surface area (Å²) < 4.78 is 5.25. The number of rotatable bonds is 1. The summed E-state index contributed by atoms with van der Waals surface area (Å²) in [6.07, 6.45) is 2.20. The maximum atomic E-state index is 11.3. The van der Waals surface area contributed by atoms with E-state index in [2.05, 4.69) is 0 Å². The summed E-state index contributed by atoms with van der Waals surface area (Å²) in [7, 11) is 1.82. The standard InChI is InChI=1S/C9H12N2O3/c1-11-5-8-6(2-3-14-8)4-7(11)9(12)10-13/h2-3,7,13H,4-5H2,1H3,(H,10,12). The van der Waals surface area contributed by atoms with Gasteiger partial charge in [0.15, 0.2) is 0 Å². The third-order valence-electron chi connectivity index (χ3n) is 2.59. The number of nitrogens with zero attached hydrogens (tertiary/aromatic N) is 1. The zero-order valence-electron chi connectivity index (χ0n) is 7.86. The number of carbonyl (C=O) groups is 1. The Bertz CT molecular complexity index is 348. The molecule has 1 atom stereocenters. The van der Waals surface area contributed by atoms with Crippen LogP contribution in [0.15, 0.2) is 16.7 Å². The maximum Gasteiger partial charge on any atom is 0.261 e. The molecule has 2 rings (SSSR count). The topological polar surface area (TPSA) is 65.7 Å². The van der Waals surface area contributed by atoms with Gasteiger partial charge in [-0.15, -0.1) is 0 Å². The van der Waals surface area contributed by atoms with Crippen molar-refractivity contribution in [3.05, 3.63) is 23.7 Å². The molecule has 1 aromatic rings. The Balaban J connectivity index is 2.21. The van der Waals surface area contributed by atoms with E-state index in [0.29, 0.717) is 13.0 Å². The van der Waals surface area contributed by atoms with Crippen LogP contribution in [-0.4, -0.2) is 29.1 Å². The molecule has 1 amide bonds. The molecule has 76 valence electrons. The number of hydrogen-bond donors (Lipinski definition) is 2. The van der Waals surface area contributed by atoms with E-state index in [0.717, 1.165) is 11.3 Å². The summed E-state index contributed by atoms with van der Waals surface area (Å²) in [5, 5.41) is 8.55. The van der Waals surface area contributed by atoms with Crippen LogP contribution in [0.5, 0.6) is 0 Å². The summed E-state index contributed by atoms with van der Waals surface area (Å²) in [6.45, 7) is 0.598. The van der Waals surface area contributed by atoms with Gasteiger partial charge in [0.25, 0.3) is 5.91 Å². The second-order valence-corrected chi connectivity index (χ2v) is 3.48. The summed E-state index contributed by atoms with van der Waals surface area (Å²) in [5.41, 5.74) is 2.72. The van der Waals surface area contributed by atoms with Crippen LogP contribution in [0.3, 0.4) is 0 Å². The van der Waals surface area contributed by atoms with Crippen molar-refractivity contribution in [2.45, 2.75) is 19.0 Å². The SMILES string of the molecule is CN1Cc2occc2CC1C(=O)NO. The van der Waals surface area contributed by atoms with E-state index in [4.69, 9.17) is 9.62 Å². The zero-order chi connectivity index (χ0) is 10.1. The van der Waals surface area contributed by atoms with E-state index in [1.54, 1.807) is 11.7 Å². The van der Waals surface area contributed by atoms with Crippen LogP contribution in [0.2, 0.25) is 0 Å². The fourth-order valence-electron chi connectivity index (χ4n) is 1.76. The molecule has 1 aromatic heterocycles. The van der Waals surface area contributed by atoms with Gasteiger partial charge in [-0.3, -0.25) is 14.9 Å². The highest BCUT2D eigenvalue weighted by molar-refractivity contribution is 5.81. The Morgan fingerprint density at radius 3 is 3.29 bits per heavy atom. The summed E-state index contributed by atoms with van der Waals surface area (Å²) >= 11 is 0. The smallest absolute Gasteiger partial charge is 0.261 e. The van der Waals surface area contributed by atoms with Gasteiger partial charge >= 0.3 is 0 Å². The molecule has 0 saturated carbocycles. The Morgan fingerprint density at radius 2 is 2.57 bits per heavy atom. The molecule has 14 heavy (non-hydrogen) atoms. The van der Waals surface area contributed by atoms with Gasteiger partial charge in [0.1, 0.15) is 5.76 Å². The van der Waals surface area contributed by atoms with E-state index < -0.39 is 0 Å². The van der Waals surface area contributed by atoms with Gasteiger partial charge in [-0.05, 0) is 18.7 Å². The minimum absolute atomic E-state index is 0.315. The van der Waals surface area contributed by atoms with Gasteiger partial charge in [0.05, 0.1) is 18.8 Å². The monoisotopic (exact) mass is 196 g/mol. The van der Waals surface area contributed by atoms with Crippen molar-refractivity contribution >= 4 is 5.91 Å². The first-order chi connectivity index (χ1) is 6.72. The van der Waals surface area contributed by atoms with Crippen LogP contribution in [0, 0.1) is 0 Å². The number of amides is 1. The predicted molar refractivity (Wildman–Crippen MR) is 47.6 cm³/mol. The fraction of sp³-hybridized carbons (Fsp3) is 0.444. The number of nitrogens with one attached hydrogen (secondary N) is 1. The minimum Gasteiger partial charge on any atom is -0.468 e. The molecule has 0 fully saturated rings. The molecule has 5 nitrogen and oxygen atoms in total. The van der Waals surface area contributed by atoms with Gasteiger partial charge in [-0.1, -0.05) is 0 Å². The quantitative estimate of drug-likeness (QED) is 0.495. The van der Waals surface area contributed by atoms with Crippen molar-refractivity contribution in [3.8, 4) is 0 Å². The number of hydroxylamine groups is 1. The molecule has 0 aliphatic carbocycles. The van der Waals surface area contributed by atoms with Crippen molar-refractivity contribution in [2.24, 2.45) is 0 Å². The Morgan fingerprint density at radius 1 is 1.79 bits per heavy atom. The lowest BCUT2D eigenvalue weighted by Gasteiger charge is -2.29. The molecular weight excluding hydrogens is 184 g/mol. The average Bonchev–Trinajstić information content (AvgIpc) is 2.62. The van der Waals surface area contributed by atoms with Gasteiger partial charge in [-0.2, -0.15) is 0 Å². The van der Waals surface area contributed by atoms with Crippen molar-refractivity contribution in [1.82, 2.24) is 10.4 Å². The van der Waals surface area contributed by atoms with E-state index in [-0.39, 0.29) is 11.9 Å². The molecule has 0 spiro atoms. The highest BCUT2D eigenvalue weighted by Gasteiger charge is 2.30. The highest BCUT2D eigenvalue weighted by atomic mass is 16.5. The van der Waals surface area contributed by atoms with E-state index in [1.165, 1.54) is 0 Å². The fourth-order valence-corrected chi connectivity index (χ4v) is 1.76. The lowest BCUT2D eigenvalue weighted by Crippen LogP contribution is -2.47. The first kappa shape index (κ1) is 9.23. The zero-order valence-corrected chi connectivity index (χ0v) is 7.86. The third kappa shape index (κ3) is 1.40. The van der Waals surface area contributed by atoms with Crippen molar-refractivity contribution < 1.29 is 14.4 Å². The molecule has 1 unspecified atom stereocenters. The van der Waals surface area contributed by atoms with Crippen LogP contribution in [0.1, 0.15) is 11.3 Å². The maximum absolute atomic E-state index is 11.3. The molecule has 5 heteroatoms. The van der Waals surface area contributed by atoms with Crippen LogP contribution in [0.25, 0.3) is 0 Å². The molecule has 2 N–H and O–H groups in total. The summed E-state index contributed by atoms with van der Waals surface area (Å²) in [4.78, 5) is 13.1. The van der Waals surface area contributed by atoms with Crippen LogP contribution in [0.4, 0.5) is 0 Å². The molecular formula is C9H12N2O3. The number of carbonyl (C=O) groups excluding carboxylic acids is 1. The van der Waals surface area contributed by atoms with Crippen molar-refractivity contribution in [2.75, 3.05) is 7.05 Å². The molecule has 1 aliphatic rings. The number of likely N-dealkylation sites (N-methyl/N-ethyl adjacent to an activating group) is 1. The van der Waals surface area contributed by atoms with Gasteiger partial charge < -0.3 is 4.42 Å². The Hall–Kier alpha value is -1.33. The third-order valence-corrected chi connectivity index (χ3v) is 2.59. The first-order valence-corrected chi connectivity index (χ1v) is 4.42. The number of fused-ring (bicyclic) bond motifs is 1. The molecule has 0 saturated heterocycles. The largest absolute Gasteiger partial charge is 0.468 e. The lowest BCUT2D eigenvalue weighted by molar-refractivity contribution is -0.135. The predicted octanol–water partition coefficient (Wildman–Crippen LogP) is 0.141. The summed E-state index contributed by atoms with van der Waals surface area (Å²) in [6, 6.07) is 1.55. The van der Waals surface area contributed by atoms with Crippen molar-refractivity contribution in [3.63, 3.8) is 0 Å². The Labute approximate surface area is 81.3 Å². The second-order valence-electron chi connectivity index (χ2n) is 3.48. The molecule has 1 aliphatic heterocycles. The first-order valence-electron chi connectivity index (χ1n) is 4.42. The summed E-state index contributed by atoms with van der Waals surface area (Å²) in [5.74, 6) is 0.522. The Kier molecular flexibility index (Phi) is 2.26. The number of furan rings is 1. The molecule has 0 radical (unpaired) electrons. The normalized spacial score (nSPS) is 21.7. The lowest BCUT2D eigenvalue weighted by atomic mass is 10.0. The second kappa shape index (κ2) is 3.43. The van der Waals surface area contributed by atoms with Crippen LogP contribution >= 0.6 is 0 Å². The van der Waals surface area contributed by atoms with E-state index in [9.17, 15) is 4.79 Å². The van der Waals surface area contributed by atoms with Gasteiger partial charge in [0, 0.05) is 6.42 Å². The van der Waals surface area contributed by atoms with E-state index in [1.807, 2.05) is 18.0 Å². The van der Waals surface area contributed by atoms with Gasteiger partial charge in [0.2, 0.25) is 0 Å². The van der Waals surface area contributed by atoms with Crippen LogP contribution in [-0.2, 0) is 17.8 Å². The van der Waals surface area contributed by atoms with Gasteiger partial charge in [-0.25, -0.2) is 5.48 Å². The molecule has 0 bridgehead atoms.